The molecule has 0 atom stereocenters. The van der Waals surface area contributed by atoms with Gasteiger partial charge in [-0.05, 0) is 18.8 Å². The molecule has 1 aromatic heterocycles. The van der Waals surface area contributed by atoms with Gasteiger partial charge in [-0.1, -0.05) is 19.1 Å². The van der Waals surface area contributed by atoms with Crippen LogP contribution in [0.2, 0.25) is 0 Å². The van der Waals surface area contributed by atoms with Crippen LogP contribution in [0.25, 0.3) is 0 Å². The molecule has 0 spiro atoms. The van der Waals surface area contributed by atoms with Gasteiger partial charge in [0.15, 0.2) is 6.29 Å². The summed E-state index contributed by atoms with van der Waals surface area (Å²) in [4.78, 5) is 10.8. The molecule has 0 amide bonds. The van der Waals surface area contributed by atoms with E-state index in [9.17, 15) is 9.90 Å². The lowest BCUT2D eigenvalue weighted by molar-refractivity contribution is 0.111. The second-order valence-corrected chi connectivity index (χ2v) is 4.95. The summed E-state index contributed by atoms with van der Waals surface area (Å²) in [5.41, 5.74) is 1.27. The largest absolute Gasteiger partial charge is 0.396 e. The molecule has 1 aliphatic carbocycles. The summed E-state index contributed by atoms with van der Waals surface area (Å²) >= 11 is 0. The molecule has 2 rings (SSSR count). The molecule has 1 aliphatic rings. The van der Waals surface area contributed by atoms with E-state index in [0.29, 0.717) is 12.2 Å². The summed E-state index contributed by atoms with van der Waals surface area (Å²) < 4.78 is 1.78. The number of hydrogen-bond donors (Lipinski definition) is 1. The molecule has 0 aliphatic heterocycles. The highest BCUT2D eigenvalue weighted by Gasteiger charge is 2.43. The first kappa shape index (κ1) is 11.3. The fourth-order valence-electron chi connectivity index (χ4n) is 1.99. The number of aliphatic hydroxyl groups is 1. The quantitative estimate of drug-likeness (QED) is 0.756. The van der Waals surface area contributed by atoms with Crippen LogP contribution in [0.4, 0.5) is 0 Å². The van der Waals surface area contributed by atoms with Gasteiger partial charge in [-0.3, -0.25) is 4.79 Å². The molecular weight excluding hydrogens is 206 g/mol. The Morgan fingerprint density at radius 2 is 2.25 bits per heavy atom. The van der Waals surface area contributed by atoms with Crippen LogP contribution in [0.1, 0.15) is 48.8 Å². The van der Waals surface area contributed by atoms with Crippen molar-refractivity contribution in [2.75, 3.05) is 6.61 Å². The minimum absolute atomic E-state index is 0.0164. The summed E-state index contributed by atoms with van der Waals surface area (Å²) in [5.74, 6) is 0.213. The van der Waals surface area contributed by atoms with Crippen molar-refractivity contribution in [3.05, 3.63) is 11.4 Å². The zero-order chi connectivity index (χ0) is 11.8. The Labute approximate surface area is 94.5 Å². The molecule has 0 radical (unpaired) electrons. The topological polar surface area (TPSA) is 68.0 Å². The van der Waals surface area contributed by atoms with E-state index in [4.69, 9.17) is 0 Å². The predicted molar refractivity (Wildman–Crippen MR) is 58.3 cm³/mol. The first-order valence-electron chi connectivity index (χ1n) is 5.61. The van der Waals surface area contributed by atoms with Gasteiger partial charge < -0.3 is 5.11 Å². The minimum atomic E-state index is -0.0164. The van der Waals surface area contributed by atoms with E-state index in [-0.39, 0.29) is 17.9 Å². The highest BCUT2D eigenvalue weighted by Crippen LogP contribution is 2.46. The smallest absolute Gasteiger partial charge is 0.172 e. The summed E-state index contributed by atoms with van der Waals surface area (Å²) in [7, 11) is 0. The van der Waals surface area contributed by atoms with Crippen LogP contribution < -0.4 is 0 Å². The summed E-state index contributed by atoms with van der Waals surface area (Å²) in [5, 5.41) is 17.2. The highest BCUT2D eigenvalue weighted by atomic mass is 16.3. The maximum absolute atomic E-state index is 10.8. The maximum atomic E-state index is 10.8. The van der Waals surface area contributed by atoms with Crippen LogP contribution in [-0.2, 0) is 6.54 Å². The second-order valence-electron chi connectivity index (χ2n) is 4.95. The van der Waals surface area contributed by atoms with Gasteiger partial charge in [0, 0.05) is 5.41 Å². The van der Waals surface area contributed by atoms with E-state index in [1.54, 1.807) is 4.68 Å². The number of carbonyl (C=O) groups is 1. The molecule has 88 valence electrons. The van der Waals surface area contributed by atoms with Crippen molar-refractivity contribution >= 4 is 6.29 Å². The average Bonchev–Trinajstić information content (AvgIpc) is 2.90. The van der Waals surface area contributed by atoms with Crippen molar-refractivity contribution in [1.29, 1.82) is 0 Å². The molecule has 0 saturated heterocycles. The zero-order valence-corrected chi connectivity index (χ0v) is 9.68. The van der Waals surface area contributed by atoms with E-state index in [0.717, 1.165) is 24.8 Å². The molecule has 1 aromatic rings. The SMILES string of the molecule is CC(C)c1c(C=O)nnn1CC1(CO)CC1. The summed E-state index contributed by atoms with van der Waals surface area (Å²) in [6.45, 7) is 4.88. The van der Waals surface area contributed by atoms with Gasteiger partial charge in [-0.15, -0.1) is 5.10 Å². The van der Waals surface area contributed by atoms with Crippen molar-refractivity contribution < 1.29 is 9.90 Å². The van der Waals surface area contributed by atoms with E-state index >= 15 is 0 Å². The van der Waals surface area contributed by atoms with E-state index < -0.39 is 0 Å². The summed E-state index contributed by atoms with van der Waals surface area (Å²) in [6, 6.07) is 0. The van der Waals surface area contributed by atoms with Gasteiger partial charge >= 0.3 is 0 Å². The molecule has 5 nitrogen and oxygen atoms in total. The maximum Gasteiger partial charge on any atom is 0.172 e. The third-order valence-corrected chi connectivity index (χ3v) is 3.24. The van der Waals surface area contributed by atoms with Gasteiger partial charge in [0.1, 0.15) is 5.69 Å². The number of carbonyl (C=O) groups excluding carboxylic acids is 1. The van der Waals surface area contributed by atoms with Crippen LogP contribution in [0, 0.1) is 5.41 Å². The Hall–Kier alpha value is -1.23. The van der Waals surface area contributed by atoms with Crippen molar-refractivity contribution in [3.63, 3.8) is 0 Å². The Morgan fingerprint density at radius 3 is 2.69 bits per heavy atom. The number of nitrogens with zero attached hydrogens (tertiary/aromatic N) is 3. The van der Waals surface area contributed by atoms with Crippen LogP contribution in [0.5, 0.6) is 0 Å². The summed E-state index contributed by atoms with van der Waals surface area (Å²) in [6.07, 6.45) is 2.80. The number of aromatic nitrogens is 3. The fraction of sp³-hybridized carbons (Fsp3) is 0.727. The molecular formula is C11H17N3O2. The van der Waals surface area contributed by atoms with Crippen LogP contribution in [-0.4, -0.2) is 33.0 Å². The van der Waals surface area contributed by atoms with Gasteiger partial charge in [0.2, 0.25) is 0 Å². The lowest BCUT2D eigenvalue weighted by Gasteiger charge is -2.15. The number of aldehydes is 1. The molecule has 5 heteroatoms. The molecule has 1 N–H and O–H groups in total. The lowest BCUT2D eigenvalue weighted by Crippen LogP contribution is -2.19. The van der Waals surface area contributed by atoms with Crippen molar-refractivity contribution in [2.45, 2.75) is 39.2 Å². The number of hydrogen-bond acceptors (Lipinski definition) is 4. The van der Waals surface area contributed by atoms with E-state index in [1.807, 2.05) is 13.8 Å². The highest BCUT2D eigenvalue weighted by molar-refractivity contribution is 5.73. The van der Waals surface area contributed by atoms with Crippen LogP contribution in [0.15, 0.2) is 0 Å². The van der Waals surface area contributed by atoms with Crippen LogP contribution >= 0.6 is 0 Å². The fourth-order valence-corrected chi connectivity index (χ4v) is 1.99. The Bertz CT molecular complexity index is 394. The molecule has 0 aromatic carbocycles. The Kier molecular flexibility index (Phi) is 2.80. The molecule has 0 bridgehead atoms. The van der Waals surface area contributed by atoms with Gasteiger partial charge in [-0.25, -0.2) is 4.68 Å². The zero-order valence-electron chi connectivity index (χ0n) is 9.68. The first-order chi connectivity index (χ1) is 7.62. The Morgan fingerprint density at radius 1 is 1.56 bits per heavy atom. The van der Waals surface area contributed by atoms with Crippen molar-refractivity contribution in [3.8, 4) is 0 Å². The first-order valence-corrected chi connectivity index (χ1v) is 5.61. The molecule has 1 heterocycles. The normalized spacial score (nSPS) is 17.8. The average molecular weight is 223 g/mol. The minimum Gasteiger partial charge on any atom is -0.396 e. The van der Waals surface area contributed by atoms with Gasteiger partial charge in [-0.2, -0.15) is 0 Å². The third-order valence-electron chi connectivity index (χ3n) is 3.24. The lowest BCUT2D eigenvalue weighted by atomic mass is 10.1. The van der Waals surface area contributed by atoms with Crippen molar-refractivity contribution in [1.82, 2.24) is 15.0 Å². The molecule has 16 heavy (non-hydrogen) atoms. The van der Waals surface area contributed by atoms with E-state index in [2.05, 4.69) is 10.3 Å². The van der Waals surface area contributed by atoms with Gasteiger partial charge in [0.25, 0.3) is 0 Å². The number of rotatable bonds is 5. The predicted octanol–water partition coefficient (Wildman–Crippen LogP) is 0.986. The molecule has 1 fully saturated rings. The second kappa shape index (κ2) is 3.97. The van der Waals surface area contributed by atoms with Crippen molar-refractivity contribution in [2.24, 2.45) is 5.41 Å². The van der Waals surface area contributed by atoms with Crippen LogP contribution in [0.3, 0.4) is 0 Å². The number of aliphatic hydroxyl groups excluding tert-OH is 1. The Balaban J connectivity index is 2.27. The third kappa shape index (κ3) is 1.87. The monoisotopic (exact) mass is 223 g/mol. The standard InChI is InChI=1S/C11H17N3O2/c1-8(2)10-9(5-15)12-13-14(10)6-11(7-16)3-4-11/h5,8,16H,3-4,6-7H2,1-2H3. The molecule has 0 unspecified atom stereocenters. The molecule has 1 saturated carbocycles. The van der Waals surface area contributed by atoms with Gasteiger partial charge in [0.05, 0.1) is 18.8 Å². The van der Waals surface area contributed by atoms with E-state index in [1.165, 1.54) is 0 Å².